The first-order chi connectivity index (χ1) is 16.1. The number of carbonyl (C=O) groups is 1. The Balaban J connectivity index is 1.48. The molecule has 5 rings (SSSR count). The first-order valence-electron chi connectivity index (χ1n) is 10.7. The number of alkyl halides is 3. The van der Waals surface area contributed by atoms with Crippen LogP contribution in [-0.4, -0.2) is 40.2 Å². The van der Waals surface area contributed by atoms with Crippen molar-refractivity contribution in [3.05, 3.63) is 34.6 Å². The van der Waals surface area contributed by atoms with E-state index in [2.05, 4.69) is 46.3 Å². The lowest BCUT2D eigenvalue weighted by atomic mass is 9.52. The number of benzene rings is 1. The number of hydrogen-bond acceptors (Lipinski definition) is 6. The molecule has 0 radical (unpaired) electrons. The molecule has 0 saturated heterocycles. The summed E-state index contributed by atoms with van der Waals surface area (Å²) in [5.74, 6) is 0.156. The van der Waals surface area contributed by atoms with Crippen LogP contribution in [0.4, 0.5) is 29.6 Å². The first-order valence-corrected chi connectivity index (χ1v) is 11.5. The zero-order chi connectivity index (χ0) is 24.3. The Morgan fingerprint density at radius 1 is 1.29 bits per heavy atom. The molecule has 2 heterocycles. The van der Waals surface area contributed by atoms with E-state index in [0.717, 1.165) is 31.9 Å². The third-order valence-electron chi connectivity index (χ3n) is 6.65. The van der Waals surface area contributed by atoms with Crippen LogP contribution >= 0.6 is 15.9 Å². The Morgan fingerprint density at radius 2 is 2.03 bits per heavy atom. The van der Waals surface area contributed by atoms with E-state index in [1.54, 1.807) is 12.1 Å². The van der Waals surface area contributed by atoms with E-state index >= 15 is 0 Å². The number of methoxy groups -OCH3 is 1. The lowest BCUT2D eigenvalue weighted by Crippen LogP contribution is -2.57. The Bertz CT molecular complexity index is 1260. The molecule has 34 heavy (non-hydrogen) atoms. The molecule has 0 bridgehead atoms. The van der Waals surface area contributed by atoms with Crippen LogP contribution in [0, 0.1) is 5.41 Å². The van der Waals surface area contributed by atoms with Crippen molar-refractivity contribution in [1.82, 2.24) is 15.0 Å². The van der Waals surface area contributed by atoms with E-state index in [1.807, 2.05) is 0 Å². The first kappa shape index (κ1) is 22.9. The molecule has 3 aromatic rings. The molecule has 5 N–H and O–H groups in total. The van der Waals surface area contributed by atoms with Crippen LogP contribution < -0.4 is 16.4 Å². The number of nitrogens with two attached hydrogens (primary N) is 1. The van der Waals surface area contributed by atoms with Gasteiger partial charge in [0.05, 0.1) is 28.5 Å². The molecule has 1 amide bonds. The van der Waals surface area contributed by atoms with Crippen LogP contribution in [0.25, 0.3) is 22.2 Å². The van der Waals surface area contributed by atoms with Crippen molar-refractivity contribution in [2.45, 2.75) is 43.9 Å². The van der Waals surface area contributed by atoms with E-state index in [0.29, 0.717) is 21.1 Å². The van der Waals surface area contributed by atoms with Crippen LogP contribution in [0.15, 0.2) is 29.0 Å². The minimum absolute atomic E-state index is 0.112. The number of fused-ring (bicyclic) bond motifs is 1. The topological polar surface area (TPSA) is 118 Å². The lowest BCUT2D eigenvalue weighted by Gasteiger charge is -2.57. The molecular weight excluding hydrogens is 517 g/mol. The quantitative estimate of drug-likeness (QED) is 0.359. The van der Waals surface area contributed by atoms with E-state index in [9.17, 15) is 18.0 Å². The standard InChI is InChI=1S/C22H22BrF3N6O2/c1-34-20(33)31-15-3-2-12-13(8-28-18(12)16(15)23)17-14(22(24,25)26)9-29-19(32-17)30-11-6-21(7-11)4-10(27)5-21/h2-3,8-11,28H,4-7,27H2,1H3,(H,31,33)(H,29,30,32). The van der Waals surface area contributed by atoms with Gasteiger partial charge in [0.2, 0.25) is 5.95 Å². The summed E-state index contributed by atoms with van der Waals surface area (Å²) < 4.78 is 46.6. The molecule has 2 fully saturated rings. The number of anilines is 2. The molecule has 180 valence electrons. The summed E-state index contributed by atoms with van der Waals surface area (Å²) >= 11 is 3.40. The number of nitrogens with zero attached hydrogens (tertiary/aromatic N) is 2. The average molecular weight is 539 g/mol. The van der Waals surface area contributed by atoms with Gasteiger partial charge in [0.15, 0.2) is 0 Å². The minimum Gasteiger partial charge on any atom is -0.453 e. The molecule has 1 aromatic carbocycles. The Kier molecular flexibility index (Phi) is 5.47. The monoisotopic (exact) mass is 538 g/mol. The van der Waals surface area contributed by atoms with E-state index in [1.165, 1.54) is 13.3 Å². The van der Waals surface area contributed by atoms with Crippen LogP contribution in [0.1, 0.15) is 31.2 Å². The van der Waals surface area contributed by atoms with Gasteiger partial charge in [-0.1, -0.05) is 6.07 Å². The maximum absolute atomic E-state index is 13.8. The van der Waals surface area contributed by atoms with Gasteiger partial charge in [-0.25, -0.2) is 14.8 Å². The fraction of sp³-hybridized carbons (Fsp3) is 0.409. The number of ether oxygens (including phenoxy) is 1. The Labute approximate surface area is 201 Å². The molecule has 2 aromatic heterocycles. The van der Waals surface area contributed by atoms with E-state index < -0.39 is 17.8 Å². The predicted molar refractivity (Wildman–Crippen MR) is 124 cm³/mol. The molecule has 0 unspecified atom stereocenters. The van der Waals surface area contributed by atoms with Crippen LogP contribution in [0.3, 0.4) is 0 Å². The second-order valence-electron chi connectivity index (χ2n) is 9.04. The van der Waals surface area contributed by atoms with Crippen molar-refractivity contribution < 1.29 is 22.7 Å². The number of nitrogens with one attached hydrogen (secondary N) is 3. The van der Waals surface area contributed by atoms with Crippen molar-refractivity contribution in [2.24, 2.45) is 11.1 Å². The number of amides is 1. The summed E-state index contributed by atoms with van der Waals surface area (Å²) in [7, 11) is 1.23. The molecule has 1 spiro atoms. The smallest absolute Gasteiger partial charge is 0.419 e. The normalized spacial score (nSPS) is 23.9. The molecule has 8 nitrogen and oxygen atoms in total. The number of hydrogen-bond donors (Lipinski definition) is 4. The van der Waals surface area contributed by atoms with Gasteiger partial charge in [-0.2, -0.15) is 13.2 Å². The third-order valence-corrected chi connectivity index (χ3v) is 7.47. The number of carbonyl (C=O) groups excluding carboxylic acids is 1. The summed E-state index contributed by atoms with van der Waals surface area (Å²) in [6.07, 6.45) is 0.783. The summed E-state index contributed by atoms with van der Waals surface area (Å²) in [4.78, 5) is 22.8. The third kappa shape index (κ3) is 3.98. The molecular formula is C22H22BrF3N6O2. The predicted octanol–water partition coefficient (Wildman–Crippen LogP) is 5.27. The highest BCUT2D eigenvalue weighted by atomic mass is 79.9. The Hall–Kier alpha value is -2.86. The van der Waals surface area contributed by atoms with Crippen LogP contribution in [-0.2, 0) is 10.9 Å². The van der Waals surface area contributed by atoms with Gasteiger partial charge in [0, 0.05) is 35.4 Å². The SMILES string of the molecule is COC(=O)Nc1ccc2c(-c3nc(NC4CC5(CC(N)C5)C4)ncc3C(F)(F)F)c[nH]c2c1Br. The van der Waals surface area contributed by atoms with Gasteiger partial charge < -0.3 is 20.8 Å². The number of aromatic amines is 1. The molecule has 0 aliphatic heterocycles. The largest absolute Gasteiger partial charge is 0.453 e. The highest BCUT2D eigenvalue weighted by Crippen LogP contribution is 2.55. The number of aromatic nitrogens is 3. The van der Waals surface area contributed by atoms with Gasteiger partial charge >= 0.3 is 12.3 Å². The van der Waals surface area contributed by atoms with Gasteiger partial charge in [0.25, 0.3) is 0 Å². The van der Waals surface area contributed by atoms with E-state index in [-0.39, 0.29) is 34.7 Å². The van der Waals surface area contributed by atoms with Crippen molar-refractivity contribution in [3.8, 4) is 11.3 Å². The second kappa shape index (κ2) is 8.12. The number of halogens is 4. The summed E-state index contributed by atoms with van der Waals surface area (Å²) in [5.41, 5.74) is 6.20. The summed E-state index contributed by atoms with van der Waals surface area (Å²) in [6, 6.07) is 3.55. The van der Waals surface area contributed by atoms with Gasteiger partial charge in [-0.3, -0.25) is 5.32 Å². The molecule has 0 atom stereocenters. The highest BCUT2D eigenvalue weighted by Gasteiger charge is 2.52. The Morgan fingerprint density at radius 3 is 2.68 bits per heavy atom. The summed E-state index contributed by atoms with van der Waals surface area (Å²) in [5, 5.41) is 6.23. The number of H-pyrrole nitrogens is 1. The van der Waals surface area contributed by atoms with Crippen LogP contribution in [0.2, 0.25) is 0 Å². The average Bonchev–Trinajstić information content (AvgIpc) is 3.17. The highest BCUT2D eigenvalue weighted by molar-refractivity contribution is 9.10. The fourth-order valence-electron chi connectivity index (χ4n) is 5.14. The van der Waals surface area contributed by atoms with Crippen molar-refractivity contribution in [3.63, 3.8) is 0 Å². The second-order valence-corrected chi connectivity index (χ2v) is 9.83. The van der Waals surface area contributed by atoms with Crippen molar-refractivity contribution in [2.75, 3.05) is 17.7 Å². The van der Waals surface area contributed by atoms with Gasteiger partial charge in [0.1, 0.15) is 5.56 Å². The van der Waals surface area contributed by atoms with Crippen molar-refractivity contribution >= 4 is 44.6 Å². The minimum atomic E-state index is -4.64. The molecule has 2 aliphatic rings. The maximum atomic E-state index is 13.8. The molecule has 12 heteroatoms. The molecule has 2 saturated carbocycles. The number of rotatable bonds is 4. The van der Waals surface area contributed by atoms with Gasteiger partial charge in [-0.15, -0.1) is 0 Å². The molecule has 2 aliphatic carbocycles. The van der Waals surface area contributed by atoms with Crippen LogP contribution in [0.5, 0.6) is 0 Å². The van der Waals surface area contributed by atoms with E-state index in [4.69, 9.17) is 5.73 Å². The van der Waals surface area contributed by atoms with Gasteiger partial charge in [-0.05, 0) is 53.1 Å². The maximum Gasteiger partial charge on any atom is 0.419 e. The lowest BCUT2D eigenvalue weighted by molar-refractivity contribution is -0.137. The fourth-order valence-corrected chi connectivity index (χ4v) is 5.70. The zero-order valence-corrected chi connectivity index (χ0v) is 19.7. The summed E-state index contributed by atoms with van der Waals surface area (Å²) in [6.45, 7) is 0. The van der Waals surface area contributed by atoms with Crippen molar-refractivity contribution in [1.29, 1.82) is 0 Å². The zero-order valence-electron chi connectivity index (χ0n) is 18.1.